The zero-order valence-electron chi connectivity index (χ0n) is 34.7. The van der Waals surface area contributed by atoms with Crippen LogP contribution in [-0.4, -0.2) is 83.5 Å². The summed E-state index contributed by atoms with van der Waals surface area (Å²) < 4.78 is 13.0. The molecule has 5 N–H and O–H groups in total. The molecule has 1 amide bonds. The fraction of sp³-hybridized carbons (Fsp3) is 0.408. The number of pyridine rings is 1. The van der Waals surface area contributed by atoms with Gasteiger partial charge in [0.25, 0.3) is 0 Å². The first-order valence-electron chi connectivity index (χ1n) is 21.8. The highest BCUT2D eigenvalue weighted by Crippen LogP contribution is 2.38. The molecule has 0 spiro atoms. The van der Waals surface area contributed by atoms with Gasteiger partial charge in [-0.15, -0.1) is 0 Å². The van der Waals surface area contributed by atoms with Gasteiger partial charge in [0.15, 0.2) is 6.10 Å². The summed E-state index contributed by atoms with van der Waals surface area (Å²) in [4.78, 5) is 41.2. The van der Waals surface area contributed by atoms with E-state index in [1.807, 2.05) is 78.9 Å². The van der Waals surface area contributed by atoms with E-state index in [0.29, 0.717) is 58.0 Å². The molecule has 12 heteroatoms. The van der Waals surface area contributed by atoms with Gasteiger partial charge in [-0.3, -0.25) is 9.59 Å². The number of carbonyl (C=O) groups excluding carboxylic acids is 2. The molecule has 3 atom stereocenters. The Kier molecular flexibility index (Phi) is 15.1. The van der Waals surface area contributed by atoms with Crippen molar-refractivity contribution >= 4 is 34.4 Å². The molecule has 3 fully saturated rings. The van der Waals surface area contributed by atoms with Crippen molar-refractivity contribution in [1.82, 2.24) is 15.6 Å². The summed E-state index contributed by atoms with van der Waals surface area (Å²) >= 11 is 7.02. The fourth-order valence-corrected chi connectivity index (χ4v) is 9.34. The van der Waals surface area contributed by atoms with Gasteiger partial charge in [0, 0.05) is 47.9 Å². The third-order valence-corrected chi connectivity index (χ3v) is 12.8. The minimum absolute atomic E-state index is 0.0208. The van der Waals surface area contributed by atoms with Gasteiger partial charge in [0.05, 0.1) is 42.4 Å². The van der Waals surface area contributed by atoms with E-state index in [1.165, 1.54) is 12.1 Å². The highest BCUT2D eigenvalue weighted by molar-refractivity contribution is 6.33. The van der Waals surface area contributed by atoms with Crippen LogP contribution < -0.4 is 20.9 Å². The van der Waals surface area contributed by atoms with Crippen molar-refractivity contribution < 1.29 is 33.8 Å². The number of Topliss-reactive ketones (excluding diaryl/α,β-unsaturated/α-hetero) is 1. The number of nitrogens with zero attached hydrogens (tertiary/aromatic N) is 1. The number of quaternary nitrogens is 1. The van der Waals surface area contributed by atoms with Crippen molar-refractivity contribution in [2.24, 2.45) is 5.92 Å². The number of H-pyrrole nitrogens is 1. The van der Waals surface area contributed by atoms with Crippen LogP contribution in [0.25, 0.3) is 10.9 Å². The number of hydrogen-bond donors (Lipinski definition) is 5. The number of halogens is 1. The summed E-state index contributed by atoms with van der Waals surface area (Å²) in [6.45, 7) is 4.58. The van der Waals surface area contributed by atoms with E-state index in [0.717, 1.165) is 94.1 Å². The first kappa shape index (κ1) is 43.9. The van der Waals surface area contributed by atoms with Gasteiger partial charge in [-0.1, -0.05) is 123 Å². The number of aliphatic hydroxyl groups is 1. The first-order valence-corrected chi connectivity index (χ1v) is 22.2. The Labute approximate surface area is 362 Å². The molecule has 0 radical (unpaired) electrons. The average molecular weight is 850 g/mol. The van der Waals surface area contributed by atoms with E-state index >= 15 is 0 Å². The van der Waals surface area contributed by atoms with Crippen LogP contribution in [-0.2, 0) is 4.74 Å². The standard InChI is InChI=1S/C49H57ClN4O7/c50-46-39(47(36-17-10-7-11-18-36)53-49(59)61-44-33-54(28-25-35(44)26-29-54)32-42(57)34-15-8-6-9-16-34)19-14-20-43(46)60-30-13-5-3-1-2-4-12-27-51-31-41(56)37-21-23-40(55)48-38(37)22-24-45(58)52-48/h6-11,14-24,35,41,44,47,51,56H,1-5,12-13,25-33H2,(H2-,52,53,55,58,59)/p+1/t35?,41?,44-,47?,54?/m0/s1. The highest BCUT2D eigenvalue weighted by Gasteiger charge is 2.48. The van der Waals surface area contributed by atoms with E-state index in [-0.39, 0.29) is 29.1 Å². The topological polar surface area (TPSA) is 150 Å². The average Bonchev–Trinajstić information content (AvgIpc) is 3.27. The lowest BCUT2D eigenvalue weighted by molar-refractivity contribution is -0.938. The lowest BCUT2D eigenvalue weighted by atomic mass is 9.83. The summed E-state index contributed by atoms with van der Waals surface area (Å²) in [7, 11) is 0. The number of rotatable bonds is 21. The molecule has 4 aromatic carbocycles. The summed E-state index contributed by atoms with van der Waals surface area (Å²) in [6, 6.07) is 30.5. The molecule has 0 aliphatic carbocycles. The molecule has 2 bridgehead atoms. The minimum Gasteiger partial charge on any atom is -0.506 e. The second-order valence-corrected chi connectivity index (χ2v) is 17.1. The molecule has 11 nitrogen and oxygen atoms in total. The van der Waals surface area contributed by atoms with Gasteiger partial charge in [-0.05, 0) is 48.7 Å². The number of amides is 1. The van der Waals surface area contributed by atoms with Crippen LogP contribution in [0.4, 0.5) is 4.79 Å². The Morgan fingerprint density at radius 2 is 1.52 bits per heavy atom. The van der Waals surface area contributed by atoms with Crippen molar-refractivity contribution in [2.45, 2.75) is 76.0 Å². The lowest BCUT2D eigenvalue weighted by Gasteiger charge is -2.51. The van der Waals surface area contributed by atoms with Gasteiger partial charge >= 0.3 is 6.09 Å². The van der Waals surface area contributed by atoms with Gasteiger partial charge in [0.1, 0.15) is 24.6 Å². The molecule has 8 rings (SSSR count). The number of aromatic hydroxyl groups is 1. The van der Waals surface area contributed by atoms with Crippen LogP contribution in [0.1, 0.15) is 97.0 Å². The maximum absolute atomic E-state index is 13.7. The number of ketones is 1. The monoisotopic (exact) mass is 849 g/mol. The maximum Gasteiger partial charge on any atom is 0.408 e. The number of alkyl carbamates (subject to hydrolysis) is 1. The molecule has 322 valence electrons. The number of fused-ring (bicyclic) bond motifs is 4. The van der Waals surface area contributed by atoms with E-state index in [9.17, 15) is 24.6 Å². The number of aromatic amines is 1. The van der Waals surface area contributed by atoms with Gasteiger partial charge in [-0.25, -0.2) is 4.79 Å². The maximum atomic E-state index is 13.7. The van der Waals surface area contributed by atoms with Crippen molar-refractivity contribution in [1.29, 1.82) is 0 Å². The van der Waals surface area contributed by atoms with Crippen LogP contribution in [0.15, 0.2) is 108 Å². The van der Waals surface area contributed by atoms with Gasteiger partial charge in [0.2, 0.25) is 11.3 Å². The van der Waals surface area contributed by atoms with Crippen molar-refractivity contribution in [3.05, 3.63) is 141 Å². The van der Waals surface area contributed by atoms with Crippen LogP contribution in [0.5, 0.6) is 11.5 Å². The van der Waals surface area contributed by atoms with E-state index in [4.69, 9.17) is 21.1 Å². The summed E-state index contributed by atoms with van der Waals surface area (Å²) in [6.07, 6.45) is 7.69. The third kappa shape index (κ3) is 11.4. The molecule has 3 aliphatic heterocycles. The van der Waals surface area contributed by atoms with Crippen molar-refractivity contribution in [3.63, 3.8) is 0 Å². The van der Waals surface area contributed by atoms with Crippen molar-refractivity contribution in [2.75, 3.05) is 45.9 Å². The molecule has 5 aromatic rings. The molecule has 4 heterocycles. The van der Waals surface area contributed by atoms with Crippen molar-refractivity contribution in [3.8, 4) is 11.5 Å². The molecule has 1 aromatic heterocycles. The Hall–Kier alpha value is -5.20. The molecular formula is C49H58ClN4O7+. The smallest absolute Gasteiger partial charge is 0.408 e. The normalized spacial score (nSPS) is 19.3. The second kappa shape index (κ2) is 21.1. The third-order valence-electron chi connectivity index (χ3n) is 12.4. The second-order valence-electron chi connectivity index (χ2n) is 16.7. The SMILES string of the molecule is O=C(NC(c1ccccc1)c1cccc(OCCCCCCCCCNCC(O)c2ccc(O)c3[nH]c(=O)ccc23)c1Cl)O[C@H]1C[N+]2(CC(=O)c3ccccc3)CCC1CC2. The Morgan fingerprint density at radius 1 is 0.820 bits per heavy atom. The largest absolute Gasteiger partial charge is 0.506 e. The number of aliphatic hydroxyl groups excluding tert-OH is 1. The number of unbranched alkanes of at least 4 members (excludes halogenated alkanes) is 6. The number of phenols is 1. The molecule has 2 unspecified atom stereocenters. The highest BCUT2D eigenvalue weighted by atomic mass is 35.5. The molecule has 61 heavy (non-hydrogen) atoms. The predicted molar refractivity (Wildman–Crippen MR) is 238 cm³/mol. The van der Waals surface area contributed by atoms with Gasteiger partial charge < -0.3 is 39.8 Å². The van der Waals surface area contributed by atoms with Crippen LogP contribution in [0, 0.1) is 5.92 Å². The minimum atomic E-state index is -0.764. The molecule has 3 aliphatic rings. The Bertz CT molecular complexity index is 2280. The number of nitrogens with one attached hydrogen (secondary N) is 3. The summed E-state index contributed by atoms with van der Waals surface area (Å²) in [5.74, 6) is 0.959. The number of phenolic OH excluding ortho intramolecular Hbond substituents is 1. The lowest BCUT2D eigenvalue weighted by Crippen LogP contribution is -2.66. The van der Waals surface area contributed by atoms with Gasteiger partial charge in [-0.2, -0.15) is 0 Å². The van der Waals surface area contributed by atoms with Crippen LogP contribution in [0.2, 0.25) is 5.02 Å². The van der Waals surface area contributed by atoms with E-state index < -0.39 is 18.2 Å². The van der Waals surface area contributed by atoms with E-state index in [2.05, 4.69) is 15.6 Å². The number of hydrogen-bond acceptors (Lipinski definition) is 8. The molecule has 3 saturated heterocycles. The molecule has 0 saturated carbocycles. The Balaban J connectivity index is 0.829. The van der Waals surface area contributed by atoms with Crippen LogP contribution >= 0.6 is 11.6 Å². The van der Waals surface area contributed by atoms with Crippen LogP contribution in [0.3, 0.4) is 0 Å². The predicted octanol–water partition coefficient (Wildman–Crippen LogP) is 8.63. The summed E-state index contributed by atoms with van der Waals surface area (Å²) in [5.41, 5.74) is 3.01. The first-order chi connectivity index (χ1) is 29.7. The summed E-state index contributed by atoms with van der Waals surface area (Å²) in [5, 5.41) is 28.4. The fourth-order valence-electron chi connectivity index (χ4n) is 9.05. The number of piperidine rings is 3. The zero-order valence-corrected chi connectivity index (χ0v) is 35.5. The van der Waals surface area contributed by atoms with E-state index in [1.54, 1.807) is 12.1 Å². The molecular weight excluding hydrogens is 792 g/mol. The number of ether oxygens (including phenoxy) is 2. The number of carbonyl (C=O) groups is 2. The zero-order chi connectivity index (χ0) is 42.6. The number of benzene rings is 4. The Morgan fingerprint density at radius 3 is 2.28 bits per heavy atom. The quantitative estimate of drug-likeness (QED) is 0.0280. The number of aromatic nitrogens is 1.